The van der Waals surface area contributed by atoms with Crippen molar-refractivity contribution in [1.29, 1.82) is 0 Å². The highest BCUT2D eigenvalue weighted by Crippen LogP contribution is 2.38. The molecule has 0 amide bonds. The van der Waals surface area contributed by atoms with Crippen LogP contribution >= 0.6 is 0 Å². The highest BCUT2D eigenvalue weighted by molar-refractivity contribution is 5.63. The molecule has 0 bridgehead atoms. The van der Waals surface area contributed by atoms with E-state index >= 15 is 0 Å². The number of alkyl halides is 2. The Kier molecular flexibility index (Phi) is 1.15. The smallest absolute Gasteiger partial charge is 0.417 e. The van der Waals surface area contributed by atoms with Gasteiger partial charge in [-0.05, 0) is 13.8 Å². The lowest BCUT2D eigenvalue weighted by molar-refractivity contribution is -0.228. The summed E-state index contributed by atoms with van der Waals surface area (Å²) >= 11 is 0. The molecule has 0 aromatic rings. The number of ether oxygens (including phenoxy) is 2. The van der Waals surface area contributed by atoms with Crippen LogP contribution in [-0.2, 0) is 9.47 Å². The summed E-state index contributed by atoms with van der Waals surface area (Å²) in [7, 11) is 0. The van der Waals surface area contributed by atoms with Gasteiger partial charge in [-0.15, -0.1) is 0 Å². The van der Waals surface area contributed by atoms with E-state index in [-0.39, 0.29) is 0 Å². The van der Waals surface area contributed by atoms with E-state index in [4.69, 9.17) is 0 Å². The molecule has 0 aromatic heterocycles. The highest BCUT2D eigenvalue weighted by atomic mass is 19.3. The number of carbonyl (C=O) groups is 1. The second-order valence-corrected chi connectivity index (χ2v) is 2.48. The monoisotopic (exact) mass is 152 g/mol. The zero-order chi connectivity index (χ0) is 7.99. The van der Waals surface area contributed by atoms with Gasteiger partial charge >= 0.3 is 12.3 Å². The number of carbonyl (C=O) groups excluding carboxylic acids is 1. The molecule has 0 aliphatic carbocycles. The van der Waals surface area contributed by atoms with Crippen LogP contribution in [0.4, 0.5) is 13.6 Å². The van der Waals surface area contributed by atoms with Crippen LogP contribution < -0.4 is 0 Å². The van der Waals surface area contributed by atoms with E-state index < -0.39 is 17.9 Å². The first-order valence-electron chi connectivity index (χ1n) is 2.65. The minimum atomic E-state index is -3.51. The second kappa shape index (κ2) is 1.59. The van der Waals surface area contributed by atoms with Crippen LogP contribution in [-0.4, -0.2) is 17.9 Å². The summed E-state index contributed by atoms with van der Waals surface area (Å²) in [4.78, 5) is 10.1. The Hall–Kier alpha value is -0.870. The van der Waals surface area contributed by atoms with E-state index in [1.807, 2.05) is 0 Å². The quantitative estimate of drug-likeness (QED) is 0.493. The number of rotatable bonds is 0. The third-order valence-electron chi connectivity index (χ3n) is 1.25. The fourth-order valence-corrected chi connectivity index (χ4v) is 0.516. The first kappa shape index (κ1) is 7.24. The summed E-state index contributed by atoms with van der Waals surface area (Å²) in [6.45, 7) is 2.16. The Morgan fingerprint density at radius 3 is 1.90 bits per heavy atom. The topological polar surface area (TPSA) is 35.5 Å². The number of hydrogen-bond acceptors (Lipinski definition) is 3. The third kappa shape index (κ3) is 0.815. The predicted molar refractivity (Wildman–Crippen MR) is 26.6 cm³/mol. The SMILES string of the molecule is CC1(C)OC(=O)OC1(F)F. The van der Waals surface area contributed by atoms with Gasteiger partial charge in [0.2, 0.25) is 5.60 Å². The summed E-state index contributed by atoms with van der Waals surface area (Å²) in [5, 5.41) is 0. The number of halogens is 2. The summed E-state index contributed by atoms with van der Waals surface area (Å²) in [5.74, 6) is 0. The van der Waals surface area contributed by atoms with Crippen LogP contribution in [0.3, 0.4) is 0 Å². The molecule has 1 rings (SSSR count). The normalized spacial score (nSPS) is 27.4. The van der Waals surface area contributed by atoms with Crippen LogP contribution in [0.1, 0.15) is 13.8 Å². The maximum Gasteiger partial charge on any atom is 0.514 e. The van der Waals surface area contributed by atoms with Gasteiger partial charge < -0.3 is 9.47 Å². The molecule has 1 fully saturated rings. The lowest BCUT2D eigenvalue weighted by Crippen LogP contribution is -2.39. The van der Waals surface area contributed by atoms with E-state index in [0.29, 0.717) is 0 Å². The fraction of sp³-hybridized carbons (Fsp3) is 0.800. The van der Waals surface area contributed by atoms with Gasteiger partial charge in [0, 0.05) is 0 Å². The van der Waals surface area contributed by atoms with Crippen LogP contribution in [0.2, 0.25) is 0 Å². The molecule has 1 heterocycles. The summed E-state index contributed by atoms with van der Waals surface area (Å²) < 4.78 is 32.5. The Balaban J connectivity index is 2.88. The van der Waals surface area contributed by atoms with Gasteiger partial charge in [0.25, 0.3) is 0 Å². The molecular weight excluding hydrogens is 146 g/mol. The van der Waals surface area contributed by atoms with Crippen molar-refractivity contribution < 1.29 is 23.0 Å². The van der Waals surface area contributed by atoms with Gasteiger partial charge in [-0.2, -0.15) is 8.78 Å². The lowest BCUT2D eigenvalue weighted by Gasteiger charge is -2.19. The largest absolute Gasteiger partial charge is 0.514 e. The summed E-state index contributed by atoms with van der Waals surface area (Å²) in [5.41, 5.74) is -1.84. The van der Waals surface area contributed by atoms with Gasteiger partial charge in [0.15, 0.2) is 0 Å². The van der Waals surface area contributed by atoms with Gasteiger partial charge in [-0.1, -0.05) is 0 Å². The number of cyclic esters (lactones) is 2. The van der Waals surface area contributed by atoms with Gasteiger partial charge in [0.1, 0.15) is 0 Å². The third-order valence-corrected chi connectivity index (χ3v) is 1.25. The summed E-state index contributed by atoms with van der Waals surface area (Å²) in [6.07, 6.45) is -4.83. The molecule has 1 aliphatic heterocycles. The molecule has 0 atom stereocenters. The maximum atomic E-state index is 12.4. The van der Waals surface area contributed by atoms with E-state index in [9.17, 15) is 13.6 Å². The Morgan fingerprint density at radius 2 is 1.80 bits per heavy atom. The van der Waals surface area contributed by atoms with Crippen LogP contribution in [0.5, 0.6) is 0 Å². The molecule has 0 aromatic carbocycles. The van der Waals surface area contributed by atoms with Crippen molar-refractivity contribution in [2.45, 2.75) is 25.6 Å². The number of hydrogen-bond donors (Lipinski definition) is 0. The van der Waals surface area contributed by atoms with Crippen molar-refractivity contribution in [3.63, 3.8) is 0 Å². The molecule has 5 heteroatoms. The summed E-state index contributed by atoms with van der Waals surface area (Å²) in [6, 6.07) is 0. The standard InChI is InChI=1S/C5H6F2O3/c1-4(2)5(6,7)10-3(8)9-4/h1-2H3. The van der Waals surface area contributed by atoms with Crippen LogP contribution in [0.15, 0.2) is 0 Å². The Morgan fingerprint density at radius 1 is 1.30 bits per heavy atom. The maximum absolute atomic E-state index is 12.4. The lowest BCUT2D eigenvalue weighted by atomic mass is 10.1. The van der Waals surface area contributed by atoms with Crippen molar-refractivity contribution in [3.05, 3.63) is 0 Å². The minimum absolute atomic E-state index is 1.08. The van der Waals surface area contributed by atoms with E-state index in [1.165, 1.54) is 0 Å². The molecule has 0 spiro atoms. The van der Waals surface area contributed by atoms with Crippen LogP contribution in [0.25, 0.3) is 0 Å². The van der Waals surface area contributed by atoms with Gasteiger partial charge in [-0.25, -0.2) is 4.79 Å². The van der Waals surface area contributed by atoms with E-state index in [0.717, 1.165) is 13.8 Å². The molecule has 0 unspecified atom stereocenters. The van der Waals surface area contributed by atoms with Crippen molar-refractivity contribution in [2.24, 2.45) is 0 Å². The van der Waals surface area contributed by atoms with Crippen molar-refractivity contribution in [2.75, 3.05) is 0 Å². The molecule has 0 radical (unpaired) electrons. The first-order valence-corrected chi connectivity index (χ1v) is 2.65. The molecule has 58 valence electrons. The minimum Gasteiger partial charge on any atom is -0.417 e. The second-order valence-electron chi connectivity index (χ2n) is 2.48. The fourth-order valence-electron chi connectivity index (χ4n) is 0.516. The Labute approximate surface area is 55.9 Å². The van der Waals surface area contributed by atoms with Crippen LogP contribution in [0, 0.1) is 0 Å². The average Bonchev–Trinajstić information content (AvgIpc) is 1.73. The van der Waals surface area contributed by atoms with Crippen molar-refractivity contribution in [3.8, 4) is 0 Å². The zero-order valence-corrected chi connectivity index (χ0v) is 5.48. The van der Waals surface area contributed by atoms with E-state index in [2.05, 4.69) is 9.47 Å². The molecule has 10 heavy (non-hydrogen) atoms. The zero-order valence-electron chi connectivity index (χ0n) is 5.48. The average molecular weight is 152 g/mol. The van der Waals surface area contributed by atoms with Gasteiger partial charge in [0.05, 0.1) is 0 Å². The highest BCUT2D eigenvalue weighted by Gasteiger charge is 2.60. The molecule has 3 nitrogen and oxygen atoms in total. The van der Waals surface area contributed by atoms with E-state index in [1.54, 1.807) is 0 Å². The molecule has 1 saturated heterocycles. The van der Waals surface area contributed by atoms with Crippen molar-refractivity contribution >= 4 is 6.16 Å². The molecule has 0 N–H and O–H groups in total. The predicted octanol–water partition coefficient (Wildman–Crippen LogP) is 1.52. The molecule has 0 saturated carbocycles. The Bertz CT molecular complexity index is 158. The van der Waals surface area contributed by atoms with Gasteiger partial charge in [-0.3, -0.25) is 0 Å². The first-order chi connectivity index (χ1) is 4.35. The molecular formula is C5H6F2O3. The van der Waals surface area contributed by atoms with Crippen molar-refractivity contribution in [1.82, 2.24) is 0 Å². The molecule has 1 aliphatic rings.